The summed E-state index contributed by atoms with van der Waals surface area (Å²) >= 11 is 0. The number of nitrogens with zero attached hydrogens (tertiary/aromatic N) is 2. The predicted molar refractivity (Wildman–Crippen MR) is 78.1 cm³/mol. The molecule has 1 aliphatic carbocycles. The van der Waals surface area contributed by atoms with E-state index in [-0.39, 0.29) is 31.7 Å². The molecular formula is C16H16F2N2O4. The first kappa shape index (κ1) is 16.4. The minimum absolute atomic E-state index is 0.178. The maximum Gasteiger partial charge on any atom is 0.319 e. The topological polar surface area (TPSA) is 77.9 Å². The molecule has 1 N–H and O–H groups in total. The van der Waals surface area contributed by atoms with Gasteiger partial charge in [0.05, 0.1) is 5.56 Å². The Labute approximate surface area is 136 Å². The van der Waals surface area contributed by atoms with E-state index < -0.39 is 34.8 Å². The van der Waals surface area contributed by atoms with Gasteiger partial charge in [-0.05, 0) is 25.0 Å². The van der Waals surface area contributed by atoms with Gasteiger partial charge in [0.1, 0.15) is 17.0 Å². The average molecular weight is 338 g/mol. The summed E-state index contributed by atoms with van der Waals surface area (Å²) < 4.78 is 26.6. The third kappa shape index (κ3) is 2.72. The van der Waals surface area contributed by atoms with Gasteiger partial charge in [-0.25, -0.2) is 8.78 Å². The summed E-state index contributed by atoms with van der Waals surface area (Å²) in [6, 6.07) is 2.75. The molecule has 0 spiro atoms. The molecular weight excluding hydrogens is 322 g/mol. The molecule has 1 heterocycles. The lowest BCUT2D eigenvalue weighted by Gasteiger charge is -2.36. The van der Waals surface area contributed by atoms with Crippen LogP contribution in [0.1, 0.15) is 23.2 Å². The fourth-order valence-electron chi connectivity index (χ4n) is 2.89. The number of carbonyl (C=O) groups is 3. The molecule has 6 nitrogen and oxygen atoms in total. The first-order chi connectivity index (χ1) is 11.3. The van der Waals surface area contributed by atoms with Crippen LogP contribution in [0, 0.1) is 17.0 Å². The SMILES string of the molecule is O=C(c1ccc(F)cc1F)N1CCN(C(=O)C2(C(=O)O)CC2)CC1. The fourth-order valence-corrected chi connectivity index (χ4v) is 2.89. The average Bonchev–Trinajstić information content (AvgIpc) is 3.36. The number of piperazine rings is 1. The largest absolute Gasteiger partial charge is 0.480 e. The number of carboxylic acid groups (broad SMARTS) is 1. The van der Waals surface area contributed by atoms with Crippen LogP contribution in [0.2, 0.25) is 0 Å². The van der Waals surface area contributed by atoms with Crippen LogP contribution < -0.4 is 0 Å². The molecule has 1 aromatic carbocycles. The van der Waals surface area contributed by atoms with Gasteiger partial charge in [0.15, 0.2) is 0 Å². The summed E-state index contributed by atoms with van der Waals surface area (Å²) in [4.78, 5) is 38.6. The summed E-state index contributed by atoms with van der Waals surface area (Å²) in [5.41, 5.74) is -1.52. The van der Waals surface area contributed by atoms with Gasteiger partial charge in [0.25, 0.3) is 5.91 Å². The van der Waals surface area contributed by atoms with Gasteiger partial charge >= 0.3 is 5.97 Å². The van der Waals surface area contributed by atoms with Crippen molar-refractivity contribution in [2.75, 3.05) is 26.2 Å². The Hall–Kier alpha value is -2.51. The van der Waals surface area contributed by atoms with E-state index in [1.165, 1.54) is 9.80 Å². The second-order valence-corrected chi connectivity index (χ2v) is 6.10. The Morgan fingerprint density at radius 2 is 1.58 bits per heavy atom. The van der Waals surface area contributed by atoms with Crippen molar-refractivity contribution in [2.24, 2.45) is 5.41 Å². The van der Waals surface area contributed by atoms with Gasteiger partial charge in [-0.2, -0.15) is 0 Å². The van der Waals surface area contributed by atoms with Crippen LogP contribution in [0.15, 0.2) is 18.2 Å². The molecule has 1 aromatic rings. The first-order valence-corrected chi connectivity index (χ1v) is 7.62. The molecule has 2 aliphatic rings. The van der Waals surface area contributed by atoms with Crippen LogP contribution in [0.3, 0.4) is 0 Å². The number of hydrogen-bond donors (Lipinski definition) is 1. The molecule has 3 rings (SSSR count). The fraction of sp³-hybridized carbons (Fsp3) is 0.438. The van der Waals surface area contributed by atoms with E-state index in [1.54, 1.807) is 0 Å². The monoisotopic (exact) mass is 338 g/mol. The number of amides is 2. The Morgan fingerprint density at radius 1 is 1.00 bits per heavy atom. The van der Waals surface area contributed by atoms with Crippen LogP contribution in [-0.4, -0.2) is 58.9 Å². The Bertz CT molecular complexity index is 710. The lowest BCUT2D eigenvalue weighted by Crippen LogP contribution is -2.53. The molecule has 1 saturated heterocycles. The zero-order valence-electron chi connectivity index (χ0n) is 12.8. The molecule has 1 aliphatic heterocycles. The first-order valence-electron chi connectivity index (χ1n) is 7.62. The van der Waals surface area contributed by atoms with Crippen molar-refractivity contribution in [1.82, 2.24) is 9.80 Å². The van der Waals surface area contributed by atoms with Crippen LogP contribution in [0.25, 0.3) is 0 Å². The van der Waals surface area contributed by atoms with E-state index in [1.807, 2.05) is 0 Å². The number of carboxylic acids is 1. The van der Waals surface area contributed by atoms with E-state index in [9.17, 15) is 23.2 Å². The number of aliphatic carboxylic acids is 1. The molecule has 0 atom stereocenters. The highest BCUT2D eigenvalue weighted by atomic mass is 19.1. The minimum Gasteiger partial charge on any atom is -0.480 e. The van der Waals surface area contributed by atoms with Gasteiger partial charge < -0.3 is 14.9 Å². The summed E-state index contributed by atoms with van der Waals surface area (Å²) in [5.74, 6) is -3.79. The molecule has 0 unspecified atom stereocenters. The lowest BCUT2D eigenvalue weighted by molar-refractivity contribution is -0.154. The molecule has 0 bridgehead atoms. The summed E-state index contributed by atoms with van der Waals surface area (Å²) in [6.07, 6.45) is 0.669. The summed E-state index contributed by atoms with van der Waals surface area (Å²) in [6.45, 7) is 0.749. The number of halogens is 2. The molecule has 0 aromatic heterocycles. The maximum atomic E-state index is 13.7. The summed E-state index contributed by atoms with van der Waals surface area (Å²) in [7, 11) is 0. The lowest BCUT2D eigenvalue weighted by atomic mass is 10.1. The molecule has 1 saturated carbocycles. The van der Waals surface area contributed by atoms with Crippen LogP contribution in [0.5, 0.6) is 0 Å². The number of benzene rings is 1. The third-order valence-corrected chi connectivity index (χ3v) is 4.58. The quantitative estimate of drug-likeness (QED) is 0.838. The van der Waals surface area contributed by atoms with Gasteiger partial charge in [-0.15, -0.1) is 0 Å². The highest BCUT2D eigenvalue weighted by Crippen LogP contribution is 2.47. The standard InChI is InChI=1S/C16H16F2N2O4/c17-10-1-2-11(12(18)9-10)13(21)19-5-7-20(8-6-19)14(22)16(3-4-16)15(23)24/h1-2,9H,3-8H2,(H,23,24). The smallest absolute Gasteiger partial charge is 0.319 e. The van der Waals surface area contributed by atoms with E-state index in [4.69, 9.17) is 5.11 Å². The van der Waals surface area contributed by atoms with Gasteiger partial charge in [0, 0.05) is 32.2 Å². The van der Waals surface area contributed by atoms with Crippen molar-refractivity contribution in [1.29, 1.82) is 0 Å². The highest BCUT2D eigenvalue weighted by Gasteiger charge is 2.58. The third-order valence-electron chi connectivity index (χ3n) is 4.58. The van der Waals surface area contributed by atoms with Gasteiger partial charge in [-0.1, -0.05) is 0 Å². The number of rotatable bonds is 3. The minimum atomic E-state index is -1.30. The molecule has 128 valence electrons. The van der Waals surface area contributed by atoms with E-state index in [0.717, 1.165) is 12.1 Å². The molecule has 2 amide bonds. The predicted octanol–water partition coefficient (Wildman–Crippen LogP) is 1.11. The van der Waals surface area contributed by atoms with Crippen molar-refractivity contribution in [2.45, 2.75) is 12.8 Å². The van der Waals surface area contributed by atoms with Crippen molar-refractivity contribution in [3.05, 3.63) is 35.4 Å². The normalized spacial score (nSPS) is 19.1. The van der Waals surface area contributed by atoms with E-state index in [2.05, 4.69) is 0 Å². The van der Waals surface area contributed by atoms with Crippen molar-refractivity contribution in [3.63, 3.8) is 0 Å². The molecule has 0 radical (unpaired) electrons. The van der Waals surface area contributed by atoms with Gasteiger partial charge in [0.2, 0.25) is 5.91 Å². The van der Waals surface area contributed by atoms with Crippen molar-refractivity contribution in [3.8, 4) is 0 Å². The van der Waals surface area contributed by atoms with Crippen molar-refractivity contribution < 1.29 is 28.3 Å². The zero-order valence-corrected chi connectivity index (χ0v) is 12.8. The molecule has 2 fully saturated rings. The second-order valence-electron chi connectivity index (χ2n) is 6.10. The Kier molecular flexibility index (Phi) is 3.98. The molecule has 8 heteroatoms. The van der Waals surface area contributed by atoms with Crippen LogP contribution in [0.4, 0.5) is 8.78 Å². The van der Waals surface area contributed by atoms with Crippen LogP contribution in [-0.2, 0) is 9.59 Å². The molecule has 24 heavy (non-hydrogen) atoms. The van der Waals surface area contributed by atoms with Crippen LogP contribution >= 0.6 is 0 Å². The summed E-state index contributed by atoms with van der Waals surface area (Å²) in [5, 5.41) is 9.16. The van der Waals surface area contributed by atoms with Gasteiger partial charge in [-0.3, -0.25) is 14.4 Å². The zero-order chi connectivity index (χ0) is 17.5. The second kappa shape index (κ2) is 5.85. The van der Waals surface area contributed by atoms with E-state index >= 15 is 0 Å². The maximum absolute atomic E-state index is 13.7. The number of hydrogen-bond acceptors (Lipinski definition) is 3. The Balaban J connectivity index is 1.64. The van der Waals surface area contributed by atoms with Crippen molar-refractivity contribution >= 4 is 17.8 Å². The van der Waals surface area contributed by atoms with E-state index in [0.29, 0.717) is 18.9 Å². The Morgan fingerprint density at radius 3 is 2.08 bits per heavy atom. The number of carbonyl (C=O) groups excluding carboxylic acids is 2. The highest BCUT2D eigenvalue weighted by molar-refractivity contribution is 6.05.